The van der Waals surface area contributed by atoms with Crippen LogP contribution in [0.3, 0.4) is 0 Å². The monoisotopic (exact) mass is 233 g/mol. The maximum Gasteiger partial charge on any atom is 0.225 e. The van der Waals surface area contributed by atoms with Crippen LogP contribution in [-0.4, -0.2) is 35.9 Å². The average molecular weight is 233 g/mol. The lowest BCUT2D eigenvalue weighted by atomic mass is 9.88. The lowest BCUT2D eigenvalue weighted by Gasteiger charge is -2.34. The summed E-state index contributed by atoms with van der Waals surface area (Å²) in [4.78, 5) is 17.9. The zero-order chi connectivity index (χ0) is 12.3. The first-order valence-corrected chi connectivity index (χ1v) is 6.03. The fourth-order valence-electron chi connectivity index (χ4n) is 2.05. The van der Waals surface area contributed by atoms with E-state index in [0.717, 1.165) is 18.7 Å². The van der Waals surface area contributed by atoms with Gasteiger partial charge in [-0.05, 0) is 36.7 Å². The van der Waals surface area contributed by atoms with Crippen molar-refractivity contribution in [3.05, 3.63) is 30.1 Å². The molecule has 1 aliphatic rings. The van der Waals surface area contributed by atoms with Gasteiger partial charge in [0.25, 0.3) is 0 Å². The minimum atomic E-state index is 0.114. The number of carbonyl (C=O) groups excluding carboxylic acids is 1. The van der Waals surface area contributed by atoms with E-state index in [2.05, 4.69) is 10.3 Å². The van der Waals surface area contributed by atoms with Gasteiger partial charge >= 0.3 is 0 Å². The molecule has 1 amide bonds. The lowest BCUT2D eigenvalue weighted by Crippen LogP contribution is -2.49. The fraction of sp³-hybridized carbons (Fsp3) is 0.538. The van der Waals surface area contributed by atoms with E-state index in [4.69, 9.17) is 0 Å². The molecule has 4 nitrogen and oxygen atoms in total. The second-order valence-electron chi connectivity index (χ2n) is 4.76. The van der Waals surface area contributed by atoms with Gasteiger partial charge in [-0.25, -0.2) is 0 Å². The summed E-state index contributed by atoms with van der Waals surface area (Å²) < 4.78 is 0. The van der Waals surface area contributed by atoms with Gasteiger partial charge in [0.2, 0.25) is 5.91 Å². The Bertz CT molecular complexity index is 376. The van der Waals surface area contributed by atoms with E-state index in [0.29, 0.717) is 12.5 Å². The van der Waals surface area contributed by atoms with Gasteiger partial charge in [-0.3, -0.25) is 9.78 Å². The molecule has 4 heteroatoms. The maximum atomic E-state index is 12.2. The van der Waals surface area contributed by atoms with Crippen LogP contribution < -0.4 is 5.32 Å². The van der Waals surface area contributed by atoms with Gasteiger partial charge in [-0.2, -0.15) is 0 Å². The molecule has 1 aromatic heterocycles. The third-order valence-corrected chi connectivity index (χ3v) is 3.46. The molecule has 0 saturated carbocycles. The molecule has 1 atom stereocenters. The van der Waals surface area contributed by atoms with Gasteiger partial charge < -0.3 is 10.2 Å². The van der Waals surface area contributed by atoms with E-state index in [1.54, 1.807) is 17.3 Å². The van der Waals surface area contributed by atoms with Crippen LogP contribution in [0.25, 0.3) is 0 Å². The van der Waals surface area contributed by atoms with E-state index in [9.17, 15) is 4.79 Å². The number of hydrogen-bond acceptors (Lipinski definition) is 3. The highest BCUT2D eigenvalue weighted by Gasteiger charge is 2.30. The molecule has 92 valence electrons. The van der Waals surface area contributed by atoms with Gasteiger partial charge in [0.05, 0.1) is 0 Å². The molecular weight excluding hydrogens is 214 g/mol. The van der Waals surface area contributed by atoms with E-state index < -0.39 is 0 Å². The highest BCUT2D eigenvalue weighted by atomic mass is 16.2. The smallest absolute Gasteiger partial charge is 0.225 e. The van der Waals surface area contributed by atoms with Crippen LogP contribution in [-0.2, 0) is 11.3 Å². The molecule has 0 aliphatic carbocycles. The molecule has 0 aromatic carbocycles. The normalized spacial score (nSPS) is 17.3. The van der Waals surface area contributed by atoms with Gasteiger partial charge in [0, 0.05) is 31.9 Å². The number of rotatable bonds is 4. The lowest BCUT2D eigenvalue weighted by molar-refractivity contribution is -0.136. The highest BCUT2D eigenvalue weighted by Crippen LogP contribution is 2.18. The zero-order valence-corrected chi connectivity index (χ0v) is 10.4. The number of aromatic nitrogens is 1. The number of nitrogens with one attached hydrogen (secondary N) is 1. The van der Waals surface area contributed by atoms with Gasteiger partial charge in [-0.1, -0.05) is 6.92 Å². The summed E-state index contributed by atoms with van der Waals surface area (Å²) in [6.45, 7) is 4.62. The van der Waals surface area contributed by atoms with Crippen molar-refractivity contribution in [3.8, 4) is 0 Å². The first-order chi connectivity index (χ1) is 8.18. The first kappa shape index (κ1) is 12.0. The van der Waals surface area contributed by atoms with Crippen molar-refractivity contribution in [2.24, 2.45) is 11.8 Å². The number of amides is 1. The number of nitrogens with zero attached hydrogens (tertiary/aromatic N) is 2. The van der Waals surface area contributed by atoms with Crippen molar-refractivity contribution in [2.75, 3.05) is 20.1 Å². The summed E-state index contributed by atoms with van der Waals surface area (Å²) in [5.74, 6) is 0.846. The molecule has 1 aliphatic heterocycles. The molecule has 1 N–H and O–H groups in total. The van der Waals surface area contributed by atoms with Gasteiger partial charge in [0.15, 0.2) is 0 Å². The predicted octanol–water partition coefficient (Wildman–Crippen LogP) is 0.895. The average Bonchev–Trinajstić information content (AvgIpc) is 2.27. The van der Waals surface area contributed by atoms with Crippen molar-refractivity contribution >= 4 is 5.91 Å². The Hall–Kier alpha value is -1.42. The van der Waals surface area contributed by atoms with Crippen molar-refractivity contribution in [1.82, 2.24) is 15.2 Å². The highest BCUT2D eigenvalue weighted by molar-refractivity contribution is 5.78. The summed E-state index contributed by atoms with van der Waals surface area (Å²) in [6, 6.07) is 3.89. The minimum Gasteiger partial charge on any atom is -0.341 e. The summed E-state index contributed by atoms with van der Waals surface area (Å²) in [7, 11) is 1.87. The Kier molecular flexibility index (Phi) is 3.74. The second-order valence-corrected chi connectivity index (χ2v) is 4.76. The Morgan fingerprint density at radius 2 is 2.18 bits per heavy atom. The number of hydrogen-bond donors (Lipinski definition) is 1. The molecule has 0 bridgehead atoms. The Labute approximate surface area is 102 Å². The third kappa shape index (κ3) is 2.82. The molecule has 1 aromatic rings. The molecule has 2 heterocycles. The second kappa shape index (κ2) is 5.27. The molecule has 1 unspecified atom stereocenters. The minimum absolute atomic E-state index is 0.114. The maximum absolute atomic E-state index is 12.2. The van der Waals surface area contributed by atoms with Gasteiger partial charge in [-0.15, -0.1) is 0 Å². The Balaban J connectivity index is 1.90. The van der Waals surface area contributed by atoms with Crippen LogP contribution in [0.1, 0.15) is 12.5 Å². The van der Waals surface area contributed by atoms with Crippen molar-refractivity contribution in [3.63, 3.8) is 0 Å². The summed E-state index contributed by atoms with van der Waals surface area (Å²) >= 11 is 0. The summed E-state index contributed by atoms with van der Waals surface area (Å²) in [5.41, 5.74) is 1.12. The quantitative estimate of drug-likeness (QED) is 0.840. The largest absolute Gasteiger partial charge is 0.341 e. The standard InChI is InChI=1S/C13H19N3O/c1-10(12-7-15-8-12)13(17)16(2)9-11-3-5-14-6-4-11/h3-6,10,12,15H,7-9H2,1-2H3. The Morgan fingerprint density at radius 3 is 2.71 bits per heavy atom. The van der Waals surface area contributed by atoms with Crippen LogP contribution in [0, 0.1) is 11.8 Å². The zero-order valence-electron chi connectivity index (χ0n) is 10.4. The van der Waals surface area contributed by atoms with Crippen molar-refractivity contribution in [2.45, 2.75) is 13.5 Å². The molecule has 2 rings (SSSR count). The molecule has 0 radical (unpaired) electrons. The number of pyridine rings is 1. The third-order valence-electron chi connectivity index (χ3n) is 3.46. The summed E-state index contributed by atoms with van der Waals surface area (Å²) in [5, 5.41) is 3.21. The van der Waals surface area contributed by atoms with Gasteiger partial charge in [0.1, 0.15) is 0 Å². The van der Waals surface area contributed by atoms with Crippen LogP contribution >= 0.6 is 0 Å². The van der Waals surface area contributed by atoms with E-state index >= 15 is 0 Å². The van der Waals surface area contributed by atoms with Crippen LogP contribution in [0.5, 0.6) is 0 Å². The molecule has 1 saturated heterocycles. The molecule has 1 fully saturated rings. The number of carbonyl (C=O) groups is 1. The molecule has 0 spiro atoms. The Morgan fingerprint density at radius 1 is 1.53 bits per heavy atom. The molecule has 17 heavy (non-hydrogen) atoms. The fourth-order valence-corrected chi connectivity index (χ4v) is 2.05. The predicted molar refractivity (Wildman–Crippen MR) is 66.2 cm³/mol. The van der Waals surface area contributed by atoms with Crippen molar-refractivity contribution in [1.29, 1.82) is 0 Å². The van der Waals surface area contributed by atoms with E-state index in [1.807, 2.05) is 26.1 Å². The summed E-state index contributed by atoms with van der Waals surface area (Å²) in [6.07, 6.45) is 3.51. The van der Waals surface area contributed by atoms with Crippen LogP contribution in [0.4, 0.5) is 0 Å². The first-order valence-electron chi connectivity index (χ1n) is 6.03. The molecular formula is C13H19N3O. The van der Waals surface area contributed by atoms with E-state index in [-0.39, 0.29) is 11.8 Å². The topological polar surface area (TPSA) is 45.2 Å². The van der Waals surface area contributed by atoms with Crippen LogP contribution in [0.15, 0.2) is 24.5 Å². The van der Waals surface area contributed by atoms with Crippen LogP contribution in [0.2, 0.25) is 0 Å². The SMILES string of the molecule is CC(C(=O)N(C)Cc1ccncc1)C1CNC1. The van der Waals surface area contributed by atoms with E-state index in [1.165, 1.54) is 0 Å². The van der Waals surface area contributed by atoms with Crippen molar-refractivity contribution < 1.29 is 4.79 Å².